The van der Waals surface area contributed by atoms with E-state index in [1.807, 2.05) is 31.3 Å². The summed E-state index contributed by atoms with van der Waals surface area (Å²) in [5, 5.41) is 7.43. The van der Waals surface area contributed by atoms with Crippen molar-refractivity contribution in [1.29, 1.82) is 0 Å². The van der Waals surface area contributed by atoms with Crippen LogP contribution in [0.4, 0.5) is 0 Å². The molecule has 0 unspecified atom stereocenters. The van der Waals surface area contributed by atoms with Gasteiger partial charge in [-0.25, -0.2) is 0 Å². The average molecular weight is 298 g/mol. The maximum absolute atomic E-state index is 5.17. The van der Waals surface area contributed by atoms with Gasteiger partial charge in [0.05, 0.1) is 5.69 Å². The van der Waals surface area contributed by atoms with Gasteiger partial charge in [0, 0.05) is 28.4 Å². The van der Waals surface area contributed by atoms with Crippen LogP contribution in [-0.4, -0.2) is 5.16 Å². The highest BCUT2D eigenvalue weighted by Crippen LogP contribution is 2.27. The maximum atomic E-state index is 5.17. The Morgan fingerprint density at radius 1 is 1.05 bits per heavy atom. The monoisotopic (exact) mass is 298 g/mol. The molecule has 0 amide bonds. The van der Waals surface area contributed by atoms with Crippen LogP contribution in [0.25, 0.3) is 10.4 Å². The molecule has 0 saturated carbocycles. The second kappa shape index (κ2) is 6.24. The maximum Gasteiger partial charge on any atom is 0.138 e. The van der Waals surface area contributed by atoms with Gasteiger partial charge < -0.3 is 9.84 Å². The summed E-state index contributed by atoms with van der Waals surface area (Å²) in [6.45, 7) is 5.59. The highest BCUT2D eigenvalue weighted by molar-refractivity contribution is 7.15. The lowest BCUT2D eigenvalue weighted by atomic mass is 10.2. The van der Waals surface area contributed by atoms with Gasteiger partial charge in [-0.15, -0.1) is 11.3 Å². The average Bonchev–Trinajstić information content (AvgIpc) is 3.10. The fourth-order valence-electron chi connectivity index (χ4n) is 2.30. The second-order valence-corrected chi connectivity index (χ2v) is 6.21. The van der Waals surface area contributed by atoms with Gasteiger partial charge in [0.2, 0.25) is 0 Å². The van der Waals surface area contributed by atoms with E-state index in [0.29, 0.717) is 0 Å². The Morgan fingerprint density at radius 3 is 2.57 bits per heavy atom. The Morgan fingerprint density at radius 2 is 1.86 bits per heavy atom. The molecule has 0 saturated heterocycles. The Balaban J connectivity index is 1.61. The third-order valence-corrected chi connectivity index (χ3v) is 4.64. The third-order valence-electron chi connectivity index (χ3n) is 3.50. The van der Waals surface area contributed by atoms with E-state index < -0.39 is 0 Å². The molecule has 1 N–H and O–H groups in total. The van der Waals surface area contributed by atoms with Gasteiger partial charge >= 0.3 is 0 Å². The molecular weight excluding hydrogens is 280 g/mol. The number of benzene rings is 1. The van der Waals surface area contributed by atoms with Gasteiger partial charge in [-0.2, -0.15) is 0 Å². The molecule has 0 aliphatic rings. The number of aryl methyl sites for hydroxylation is 2. The van der Waals surface area contributed by atoms with Crippen LogP contribution in [0.1, 0.15) is 21.9 Å². The van der Waals surface area contributed by atoms with Gasteiger partial charge in [-0.05, 0) is 31.5 Å². The molecule has 0 spiro atoms. The minimum Gasteiger partial charge on any atom is -0.361 e. The van der Waals surface area contributed by atoms with E-state index in [4.69, 9.17) is 4.52 Å². The van der Waals surface area contributed by atoms with E-state index in [2.05, 4.69) is 46.9 Å². The molecule has 0 aliphatic carbocycles. The van der Waals surface area contributed by atoms with Crippen molar-refractivity contribution in [2.75, 3.05) is 0 Å². The molecule has 3 aromatic rings. The van der Waals surface area contributed by atoms with Gasteiger partial charge in [0.1, 0.15) is 5.76 Å². The SMILES string of the molecule is Cc1noc(C)c1CNCc1ccc(-c2ccccc2)s1. The normalized spacial score (nSPS) is 11.0. The van der Waals surface area contributed by atoms with Crippen LogP contribution in [0, 0.1) is 13.8 Å². The van der Waals surface area contributed by atoms with E-state index in [9.17, 15) is 0 Å². The third kappa shape index (κ3) is 3.23. The van der Waals surface area contributed by atoms with Crippen LogP contribution in [0.15, 0.2) is 47.0 Å². The quantitative estimate of drug-likeness (QED) is 0.762. The molecule has 2 aromatic heterocycles. The molecular formula is C17H18N2OS. The molecule has 0 aliphatic heterocycles. The van der Waals surface area contributed by atoms with Gasteiger partial charge in [-0.3, -0.25) is 0 Å². The second-order valence-electron chi connectivity index (χ2n) is 5.04. The Hall–Kier alpha value is -1.91. The van der Waals surface area contributed by atoms with E-state index in [0.717, 1.165) is 30.1 Å². The summed E-state index contributed by atoms with van der Waals surface area (Å²) in [5.41, 5.74) is 3.41. The summed E-state index contributed by atoms with van der Waals surface area (Å²) < 4.78 is 5.17. The number of aromatic nitrogens is 1. The van der Waals surface area contributed by atoms with Crippen molar-refractivity contribution in [2.24, 2.45) is 0 Å². The zero-order chi connectivity index (χ0) is 14.7. The van der Waals surface area contributed by atoms with Crippen LogP contribution in [0.2, 0.25) is 0 Å². The predicted octanol–water partition coefficient (Wildman–Crippen LogP) is 4.31. The molecule has 0 radical (unpaired) electrons. The van der Waals surface area contributed by atoms with Gasteiger partial charge in [0.15, 0.2) is 0 Å². The van der Waals surface area contributed by atoms with Crippen LogP contribution in [0.3, 0.4) is 0 Å². The van der Waals surface area contributed by atoms with Crippen molar-refractivity contribution < 1.29 is 4.52 Å². The highest BCUT2D eigenvalue weighted by atomic mass is 32.1. The molecule has 0 atom stereocenters. The van der Waals surface area contributed by atoms with Crippen molar-refractivity contribution >= 4 is 11.3 Å². The predicted molar refractivity (Wildman–Crippen MR) is 86.3 cm³/mol. The molecule has 0 bridgehead atoms. The number of rotatable bonds is 5. The summed E-state index contributed by atoms with van der Waals surface area (Å²) in [5.74, 6) is 0.899. The van der Waals surface area contributed by atoms with E-state index in [1.54, 1.807) is 0 Å². The molecule has 108 valence electrons. The van der Waals surface area contributed by atoms with Crippen LogP contribution in [-0.2, 0) is 13.1 Å². The molecule has 21 heavy (non-hydrogen) atoms. The minimum atomic E-state index is 0.791. The lowest BCUT2D eigenvalue weighted by molar-refractivity contribution is 0.392. The first kappa shape index (κ1) is 14.0. The Kier molecular flexibility index (Phi) is 4.18. The number of nitrogens with zero attached hydrogens (tertiary/aromatic N) is 1. The van der Waals surface area contributed by atoms with Crippen molar-refractivity contribution in [3.8, 4) is 10.4 Å². The molecule has 4 heteroatoms. The van der Waals surface area contributed by atoms with Crippen LogP contribution < -0.4 is 5.32 Å². The van der Waals surface area contributed by atoms with E-state index in [1.165, 1.54) is 15.3 Å². The van der Waals surface area contributed by atoms with Crippen LogP contribution >= 0.6 is 11.3 Å². The number of hydrogen-bond acceptors (Lipinski definition) is 4. The lowest BCUT2D eigenvalue weighted by Gasteiger charge is -2.02. The number of nitrogens with one attached hydrogen (secondary N) is 1. The largest absolute Gasteiger partial charge is 0.361 e. The van der Waals surface area contributed by atoms with Crippen molar-refractivity contribution in [3.05, 3.63) is 64.4 Å². The van der Waals surface area contributed by atoms with Crippen LogP contribution in [0.5, 0.6) is 0 Å². The van der Waals surface area contributed by atoms with E-state index >= 15 is 0 Å². The fourth-order valence-corrected chi connectivity index (χ4v) is 3.28. The summed E-state index contributed by atoms with van der Waals surface area (Å²) >= 11 is 1.83. The first-order valence-electron chi connectivity index (χ1n) is 7.00. The molecule has 2 heterocycles. The van der Waals surface area contributed by atoms with E-state index in [-0.39, 0.29) is 0 Å². The first-order chi connectivity index (χ1) is 10.2. The topological polar surface area (TPSA) is 38.1 Å². The highest BCUT2D eigenvalue weighted by Gasteiger charge is 2.08. The first-order valence-corrected chi connectivity index (χ1v) is 7.82. The molecule has 0 fully saturated rings. The summed E-state index contributed by atoms with van der Waals surface area (Å²) in [6, 6.07) is 14.9. The molecule has 1 aromatic carbocycles. The van der Waals surface area contributed by atoms with Gasteiger partial charge in [-0.1, -0.05) is 35.5 Å². The van der Waals surface area contributed by atoms with Crippen molar-refractivity contribution in [2.45, 2.75) is 26.9 Å². The van der Waals surface area contributed by atoms with Crippen molar-refractivity contribution in [3.63, 3.8) is 0 Å². The summed E-state index contributed by atoms with van der Waals surface area (Å²) in [7, 11) is 0. The number of thiophene rings is 1. The standard InChI is InChI=1S/C17H18N2OS/c1-12-16(13(2)20-19-12)11-18-10-15-8-9-17(21-15)14-6-4-3-5-7-14/h3-9,18H,10-11H2,1-2H3. The molecule has 3 nitrogen and oxygen atoms in total. The minimum absolute atomic E-state index is 0.791. The Bertz CT molecular complexity index is 696. The Labute approximate surface area is 128 Å². The van der Waals surface area contributed by atoms with Gasteiger partial charge in [0.25, 0.3) is 0 Å². The van der Waals surface area contributed by atoms with Crippen molar-refractivity contribution in [1.82, 2.24) is 10.5 Å². The fraction of sp³-hybridized carbons (Fsp3) is 0.235. The smallest absolute Gasteiger partial charge is 0.138 e. The lowest BCUT2D eigenvalue weighted by Crippen LogP contribution is -2.12. The molecule has 3 rings (SSSR count). The summed E-state index contributed by atoms with van der Waals surface area (Å²) in [4.78, 5) is 2.64. The summed E-state index contributed by atoms with van der Waals surface area (Å²) in [6.07, 6.45) is 0. The number of hydrogen-bond donors (Lipinski definition) is 1. The zero-order valence-corrected chi connectivity index (χ0v) is 13.0. The zero-order valence-electron chi connectivity index (χ0n) is 12.2.